The molecule has 1 aliphatic rings. The zero-order chi connectivity index (χ0) is 20.5. The summed E-state index contributed by atoms with van der Waals surface area (Å²) in [5.74, 6) is -0.804. The van der Waals surface area contributed by atoms with Gasteiger partial charge >= 0.3 is 12.1 Å². The average Bonchev–Trinajstić information content (AvgIpc) is 2.67. The van der Waals surface area contributed by atoms with E-state index in [1.165, 1.54) is 0 Å². The monoisotopic (exact) mass is 395 g/mol. The van der Waals surface area contributed by atoms with E-state index in [1.54, 1.807) is 13.8 Å². The van der Waals surface area contributed by atoms with E-state index in [0.717, 1.165) is 5.56 Å². The van der Waals surface area contributed by atoms with Crippen LogP contribution in [-0.2, 0) is 25.4 Å². The Balaban J connectivity index is 2.17. The van der Waals surface area contributed by atoms with Gasteiger partial charge in [0.1, 0.15) is 6.10 Å². The van der Waals surface area contributed by atoms with Crippen molar-refractivity contribution >= 4 is 12.1 Å². The smallest absolute Gasteiger partial charge is 0.405 e. The molecule has 1 aromatic carbocycles. The molecule has 1 unspecified atom stereocenters. The normalized spacial score (nSPS) is 27.0. The van der Waals surface area contributed by atoms with Gasteiger partial charge in [-0.25, -0.2) is 9.59 Å². The number of carbonyl (C=O) groups is 2. The van der Waals surface area contributed by atoms with Crippen molar-refractivity contribution in [3.05, 3.63) is 35.9 Å². The summed E-state index contributed by atoms with van der Waals surface area (Å²) < 4.78 is 17.2. The van der Waals surface area contributed by atoms with E-state index in [2.05, 4.69) is 5.32 Å². The largest absolute Gasteiger partial charge is 0.465 e. The van der Waals surface area contributed by atoms with Gasteiger partial charge in [0, 0.05) is 12.5 Å². The molecular formula is C20H29NO7. The van der Waals surface area contributed by atoms with Gasteiger partial charge < -0.3 is 29.7 Å². The fourth-order valence-corrected chi connectivity index (χ4v) is 3.20. The Bertz CT molecular complexity index is 622. The molecule has 1 heterocycles. The first-order valence-electron chi connectivity index (χ1n) is 9.48. The predicted octanol–water partition coefficient (Wildman–Crippen LogP) is 1.60. The van der Waals surface area contributed by atoms with Gasteiger partial charge in [-0.05, 0) is 32.3 Å². The van der Waals surface area contributed by atoms with Gasteiger partial charge in [0.15, 0.2) is 6.04 Å². The highest BCUT2D eigenvalue weighted by atomic mass is 16.6. The van der Waals surface area contributed by atoms with Crippen molar-refractivity contribution in [2.75, 3.05) is 19.8 Å². The number of hydrogen-bond acceptors (Lipinski definition) is 6. The number of benzene rings is 1. The Morgan fingerprint density at radius 3 is 2.68 bits per heavy atom. The first-order chi connectivity index (χ1) is 13.4. The minimum atomic E-state index is -1.32. The lowest BCUT2D eigenvalue weighted by molar-refractivity contribution is -0.160. The number of ether oxygens (including phenoxy) is 3. The number of rotatable bonds is 7. The topological polar surface area (TPSA) is 114 Å². The Morgan fingerprint density at radius 1 is 1.32 bits per heavy atom. The molecule has 0 spiro atoms. The summed E-state index contributed by atoms with van der Waals surface area (Å²) >= 11 is 0. The molecule has 1 saturated heterocycles. The molecule has 8 nitrogen and oxygen atoms in total. The molecule has 1 fully saturated rings. The average molecular weight is 395 g/mol. The van der Waals surface area contributed by atoms with Crippen molar-refractivity contribution < 1.29 is 34.0 Å². The van der Waals surface area contributed by atoms with Crippen LogP contribution >= 0.6 is 0 Å². The Morgan fingerprint density at radius 2 is 2.04 bits per heavy atom. The van der Waals surface area contributed by atoms with Crippen molar-refractivity contribution in [1.29, 1.82) is 0 Å². The van der Waals surface area contributed by atoms with Crippen molar-refractivity contribution in [2.24, 2.45) is 5.92 Å². The maximum atomic E-state index is 12.3. The highest BCUT2D eigenvalue weighted by molar-refractivity contribution is 5.81. The van der Waals surface area contributed by atoms with Gasteiger partial charge in [-0.15, -0.1) is 0 Å². The van der Waals surface area contributed by atoms with E-state index in [0.29, 0.717) is 19.4 Å². The molecule has 1 aliphatic heterocycles. The van der Waals surface area contributed by atoms with Crippen LogP contribution in [0.2, 0.25) is 0 Å². The molecule has 0 bridgehead atoms. The van der Waals surface area contributed by atoms with E-state index in [9.17, 15) is 14.7 Å². The number of carbonyl (C=O) groups excluding carboxylic acids is 1. The first-order valence-corrected chi connectivity index (χ1v) is 9.48. The lowest BCUT2D eigenvalue weighted by Gasteiger charge is -2.31. The Kier molecular flexibility index (Phi) is 8.69. The zero-order valence-electron chi connectivity index (χ0n) is 16.2. The van der Waals surface area contributed by atoms with Crippen LogP contribution < -0.4 is 5.32 Å². The van der Waals surface area contributed by atoms with Gasteiger partial charge in [0.2, 0.25) is 0 Å². The fraction of sp³-hybridized carbons (Fsp3) is 0.600. The van der Waals surface area contributed by atoms with Gasteiger partial charge in [-0.2, -0.15) is 0 Å². The van der Waals surface area contributed by atoms with E-state index in [1.807, 2.05) is 30.3 Å². The number of nitrogens with one attached hydrogen (secondary N) is 1. The molecule has 3 N–H and O–H groups in total. The van der Waals surface area contributed by atoms with E-state index in [4.69, 9.17) is 19.3 Å². The van der Waals surface area contributed by atoms with Gasteiger partial charge in [0.05, 0.1) is 25.4 Å². The van der Waals surface area contributed by atoms with Crippen molar-refractivity contribution in [2.45, 2.75) is 51.0 Å². The van der Waals surface area contributed by atoms with Gasteiger partial charge in [-0.3, -0.25) is 0 Å². The van der Waals surface area contributed by atoms with Gasteiger partial charge in [0.25, 0.3) is 0 Å². The van der Waals surface area contributed by atoms with Gasteiger partial charge in [-0.1, -0.05) is 30.3 Å². The predicted molar refractivity (Wildman–Crippen MR) is 101 cm³/mol. The number of cyclic esters (lactones) is 1. The summed E-state index contributed by atoms with van der Waals surface area (Å²) in [5.41, 5.74) is 1.10. The third-order valence-corrected chi connectivity index (χ3v) is 4.61. The summed E-state index contributed by atoms with van der Waals surface area (Å²) in [6.07, 6.45) is -1.76. The molecule has 0 aliphatic carbocycles. The lowest BCUT2D eigenvalue weighted by Crippen LogP contribution is -2.46. The molecule has 0 radical (unpaired) electrons. The second kappa shape index (κ2) is 11.0. The minimum absolute atomic E-state index is 0.108. The van der Waals surface area contributed by atoms with Crippen LogP contribution in [0.5, 0.6) is 0 Å². The summed E-state index contributed by atoms with van der Waals surface area (Å²) in [7, 11) is 0. The van der Waals surface area contributed by atoms with Crippen LogP contribution in [0.1, 0.15) is 25.8 Å². The Hall–Kier alpha value is -2.16. The molecule has 1 aromatic rings. The van der Waals surface area contributed by atoms with Crippen LogP contribution in [0.15, 0.2) is 30.3 Å². The van der Waals surface area contributed by atoms with E-state index >= 15 is 0 Å². The highest BCUT2D eigenvalue weighted by Gasteiger charge is 2.35. The van der Waals surface area contributed by atoms with E-state index in [-0.39, 0.29) is 19.1 Å². The summed E-state index contributed by atoms with van der Waals surface area (Å²) in [5, 5.41) is 20.6. The Labute approximate surface area is 164 Å². The maximum absolute atomic E-state index is 12.3. The SMILES string of the molecule is CC(O)CCO[C@@H]1[C@@H](Cc2ccccc2)COC[C@H](NC(=O)O)C(=O)O[C@H]1C. The quantitative estimate of drug-likeness (QED) is 0.601. The highest BCUT2D eigenvalue weighted by Crippen LogP contribution is 2.23. The van der Waals surface area contributed by atoms with Crippen molar-refractivity contribution in [3.8, 4) is 0 Å². The third-order valence-electron chi connectivity index (χ3n) is 4.61. The number of carboxylic acid groups (broad SMARTS) is 1. The molecule has 156 valence electrons. The minimum Gasteiger partial charge on any atom is -0.465 e. The van der Waals surface area contributed by atoms with Crippen molar-refractivity contribution in [1.82, 2.24) is 5.32 Å². The van der Waals surface area contributed by atoms with Crippen LogP contribution in [0.4, 0.5) is 4.79 Å². The molecule has 28 heavy (non-hydrogen) atoms. The number of esters is 1. The molecule has 0 aromatic heterocycles. The zero-order valence-corrected chi connectivity index (χ0v) is 16.2. The second-order valence-corrected chi connectivity index (χ2v) is 7.10. The molecule has 2 rings (SSSR count). The number of amides is 1. The fourth-order valence-electron chi connectivity index (χ4n) is 3.20. The molecule has 5 atom stereocenters. The standard InChI is InChI=1S/C20H29NO7/c1-13(22)8-9-27-18-14(2)28-19(23)17(21-20(24)25)12-26-11-16(18)10-15-6-4-3-5-7-15/h3-7,13-14,16-18,21-22H,8-12H2,1-2H3,(H,24,25)/t13?,14-,16-,17-,18-/m0/s1. The molecule has 8 heteroatoms. The van der Waals surface area contributed by atoms with Crippen LogP contribution in [0, 0.1) is 5.92 Å². The second-order valence-electron chi connectivity index (χ2n) is 7.10. The maximum Gasteiger partial charge on any atom is 0.405 e. The number of aliphatic hydroxyl groups is 1. The third kappa shape index (κ3) is 7.10. The summed E-state index contributed by atoms with van der Waals surface area (Å²) in [6.45, 7) is 3.90. The van der Waals surface area contributed by atoms with Crippen LogP contribution in [0.3, 0.4) is 0 Å². The summed E-state index contributed by atoms with van der Waals surface area (Å²) in [6, 6.07) is 8.76. The molecular weight excluding hydrogens is 366 g/mol. The lowest BCUT2D eigenvalue weighted by atomic mass is 9.91. The van der Waals surface area contributed by atoms with Crippen molar-refractivity contribution in [3.63, 3.8) is 0 Å². The summed E-state index contributed by atoms with van der Waals surface area (Å²) in [4.78, 5) is 23.3. The molecule has 0 saturated carbocycles. The number of aliphatic hydroxyl groups excluding tert-OH is 1. The van der Waals surface area contributed by atoms with Crippen LogP contribution in [-0.4, -0.2) is 66.4 Å². The van der Waals surface area contributed by atoms with Crippen LogP contribution in [0.25, 0.3) is 0 Å². The first kappa shape index (κ1) is 22.1. The number of hydrogen-bond donors (Lipinski definition) is 3. The molecule has 1 amide bonds. The van der Waals surface area contributed by atoms with E-state index < -0.39 is 36.4 Å².